The Labute approximate surface area is 126 Å². The molecule has 1 aromatic rings. The van der Waals surface area contributed by atoms with Crippen molar-refractivity contribution in [3.8, 4) is 11.5 Å². The van der Waals surface area contributed by atoms with Gasteiger partial charge in [-0.2, -0.15) is 0 Å². The number of methoxy groups -OCH3 is 2. The normalized spacial score (nSPS) is 13.3. The summed E-state index contributed by atoms with van der Waals surface area (Å²) in [5.41, 5.74) is -0.665. The molecule has 21 heavy (non-hydrogen) atoms. The summed E-state index contributed by atoms with van der Waals surface area (Å²) in [5.74, 6) is 1.28. The van der Waals surface area contributed by atoms with Crippen LogP contribution in [0.5, 0.6) is 11.5 Å². The maximum absolute atomic E-state index is 11.8. The molecule has 0 amide bonds. The highest BCUT2D eigenvalue weighted by Crippen LogP contribution is 2.20. The van der Waals surface area contributed by atoms with Gasteiger partial charge in [0.2, 0.25) is 0 Å². The number of hydrogen-bond acceptors (Lipinski definition) is 5. The standard InChI is InChI=1S/C16H25NO4/c1-5-17-16(2,15(18)20-4)10-7-11-21-14-9-6-8-13(12-14)19-3/h6,8-9,12,17H,5,7,10-11H2,1-4H3. The zero-order valence-corrected chi connectivity index (χ0v) is 13.3. The van der Waals surface area contributed by atoms with Crippen molar-refractivity contribution in [2.45, 2.75) is 32.2 Å². The number of benzene rings is 1. The van der Waals surface area contributed by atoms with Gasteiger partial charge < -0.3 is 19.5 Å². The van der Waals surface area contributed by atoms with Gasteiger partial charge in [0.1, 0.15) is 17.0 Å². The van der Waals surface area contributed by atoms with E-state index in [1.165, 1.54) is 7.11 Å². The lowest BCUT2D eigenvalue weighted by molar-refractivity contribution is -0.148. The van der Waals surface area contributed by atoms with Gasteiger partial charge >= 0.3 is 5.97 Å². The minimum atomic E-state index is -0.665. The molecule has 1 aromatic carbocycles. The van der Waals surface area contributed by atoms with Crippen molar-refractivity contribution in [1.82, 2.24) is 5.32 Å². The molecule has 5 nitrogen and oxygen atoms in total. The van der Waals surface area contributed by atoms with Crippen LogP contribution in [0.3, 0.4) is 0 Å². The van der Waals surface area contributed by atoms with E-state index in [0.717, 1.165) is 17.9 Å². The van der Waals surface area contributed by atoms with Crippen molar-refractivity contribution < 1.29 is 19.0 Å². The molecule has 118 valence electrons. The predicted octanol–water partition coefficient (Wildman–Crippen LogP) is 2.40. The Bertz CT molecular complexity index is 450. The zero-order valence-electron chi connectivity index (χ0n) is 13.3. The summed E-state index contributed by atoms with van der Waals surface area (Å²) in [6.07, 6.45) is 1.40. The predicted molar refractivity (Wildman–Crippen MR) is 81.8 cm³/mol. The van der Waals surface area contributed by atoms with E-state index >= 15 is 0 Å². The van der Waals surface area contributed by atoms with E-state index in [1.54, 1.807) is 7.11 Å². The topological polar surface area (TPSA) is 56.8 Å². The highest BCUT2D eigenvalue weighted by Gasteiger charge is 2.32. The Balaban J connectivity index is 2.45. The molecule has 0 bridgehead atoms. The van der Waals surface area contributed by atoms with E-state index in [2.05, 4.69) is 5.32 Å². The minimum Gasteiger partial charge on any atom is -0.497 e. The van der Waals surface area contributed by atoms with Gasteiger partial charge in [-0.15, -0.1) is 0 Å². The molecule has 5 heteroatoms. The maximum Gasteiger partial charge on any atom is 0.325 e. The molecule has 0 saturated carbocycles. The molecule has 0 aromatic heterocycles. The lowest BCUT2D eigenvalue weighted by Crippen LogP contribution is -2.50. The molecule has 1 unspecified atom stereocenters. The Kier molecular flexibility index (Phi) is 7.02. The summed E-state index contributed by atoms with van der Waals surface area (Å²) in [5, 5.41) is 3.18. The van der Waals surface area contributed by atoms with Crippen molar-refractivity contribution >= 4 is 5.97 Å². The number of ether oxygens (including phenoxy) is 3. The lowest BCUT2D eigenvalue weighted by Gasteiger charge is -2.27. The fourth-order valence-electron chi connectivity index (χ4n) is 2.18. The maximum atomic E-state index is 11.8. The summed E-state index contributed by atoms with van der Waals surface area (Å²) in [4.78, 5) is 11.8. The second-order valence-corrected chi connectivity index (χ2v) is 4.99. The molecule has 0 aliphatic carbocycles. The first-order valence-electron chi connectivity index (χ1n) is 7.16. The highest BCUT2D eigenvalue weighted by atomic mass is 16.5. The van der Waals surface area contributed by atoms with Crippen molar-refractivity contribution in [2.75, 3.05) is 27.4 Å². The molecule has 0 spiro atoms. The first-order valence-corrected chi connectivity index (χ1v) is 7.16. The van der Waals surface area contributed by atoms with E-state index < -0.39 is 5.54 Å². The van der Waals surface area contributed by atoms with Gasteiger partial charge in [0.05, 0.1) is 20.8 Å². The number of nitrogens with one attached hydrogen (secondary N) is 1. The van der Waals surface area contributed by atoms with E-state index in [1.807, 2.05) is 38.1 Å². The molecule has 0 aliphatic rings. The summed E-state index contributed by atoms with van der Waals surface area (Å²) in [6.45, 7) is 5.06. The van der Waals surface area contributed by atoms with Gasteiger partial charge in [0.15, 0.2) is 0 Å². The summed E-state index contributed by atoms with van der Waals surface area (Å²) in [6, 6.07) is 7.47. The molecule has 1 N–H and O–H groups in total. The van der Waals surface area contributed by atoms with Gasteiger partial charge in [-0.25, -0.2) is 0 Å². The van der Waals surface area contributed by atoms with Crippen molar-refractivity contribution in [1.29, 1.82) is 0 Å². The summed E-state index contributed by atoms with van der Waals surface area (Å²) >= 11 is 0. The van der Waals surface area contributed by atoms with E-state index in [9.17, 15) is 4.79 Å². The van der Waals surface area contributed by atoms with E-state index in [4.69, 9.17) is 14.2 Å². The van der Waals surface area contributed by atoms with Crippen LogP contribution in [-0.2, 0) is 9.53 Å². The summed E-state index contributed by atoms with van der Waals surface area (Å²) in [7, 11) is 3.03. The van der Waals surface area contributed by atoms with Crippen LogP contribution in [-0.4, -0.2) is 38.9 Å². The SMILES string of the molecule is CCNC(C)(CCCOc1cccc(OC)c1)C(=O)OC. The Morgan fingerprint density at radius 3 is 2.62 bits per heavy atom. The average molecular weight is 295 g/mol. The number of rotatable bonds is 9. The fraction of sp³-hybridized carbons (Fsp3) is 0.562. The van der Waals surface area contributed by atoms with Gasteiger partial charge in [-0.3, -0.25) is 4.79 Å². The average Bonchev–Trinajstić information content (AvgIpc) is 2.51. The molecule has 0 fully saturated rings. The first-order chi connectivity index (χ1) is 10.1. The second-order valence-electron chi connectivity index (χ2n) is 4.99. The molecule has 0 aliphatic heterocycles. The Morgan fingerprint density at radius 1 is 1.29 bits per heavy atom. The van der Waals surface area contributed by atoms with Crippen molar-refractivity contribution in [3.63, 3.8) is 0 Å². The van der Waals surface area contributed by atoms with Crippen LogP contribution in [0.1, 0.15) is 26.7 Å². The zero-order chi connectivity index (χ0) is 15.7. The monoisotopic (exact) mass is 295 g/mol. The van der Waals surface area contributed by atoms with Gasteiger partial charge in [-0.05, 0) is 38.4 Å². The third kappa shape index (κ3) is 5.27. The number of likely N-dealkylation sites (N-methyl/N-ethyl adjacent to an activating group) is 1. The largest absolute Gasteiger partial charge is 0.497 e. The highest BCUT2D eigenvalue weighted by molar-refractivity contribution is 5.80. The van der Waals surface area contributed by atoms with Gasteiger partial charge in [0, 0.05) is 6.07 Å². The van der Waals surface area contributed by atoms with Gasteiger partial charge in [-0.1, -0.05) is 13.0 Å². The van der Waals surface area contributed by atoms with Gasteiger partial charge in [0.25, 0.3) is 0 Å². The number of carbonyl (C=O) groups is 1. The third-order valence-corrected chi connectivity index (χ3v) is 3.33. The third-order valence-electron chi connectivity index (χ3n) is 3.33. The van der Waals surface area contributed by atoms with Crippen LogP contribution < -0.4 is 14.8 Å². The molecule has 0 radical (unpaired) electrons. The van der Waals surface area contributed by atoms with Crippen LogP contribution in [0.4, 0.5) is 0 Å². The van der Waals surface area contributed by atoms with Crippen molar-refractivity contribution in [3.05, 3.63) is 24.3 Å². The Hall–Kier alpha value is -1.75. The van der Waals surface area contributed by atoms with Crippen LogP contribution in [0.15, 0.2) is 24.3 Å². The Morgan fingerprint density at radius 2 is 2.00 bits per heavy atom. The van der Waals surface area contributed by atoms with E-state index in [0.29, 0.717) is 19.6 Å². The van der Waals surface area contributed by atoms with Crippen LogP contribution >= 0.6 is 0 Å². The minimum absolute atomic E-state index is 0.245. The molecule has 0 heterocycles. The number of esters is 1. The molecular weight excluding hydrogens is 270 g/mol. The van der Waals surface area contributed by atoms with Crippen LogP contribution in [0.2, 0.25) is 0 Å². The first kappa shape index (κ1) is 17.3. The molecule has 0 saturated heterocycles. The molecule has 1 rings (SSSR count). The number of carbonyl (C=O) groups excluding carboxylic acids is 1. The van der Waals surface area contributed by atoms with Crippen molar-refractivity contribution in [2.24, 2.45) is 0 Å². The molecule has 1 atom stereocenters. The lowest BCUT2D eigenvalue weighted by atomic mass is 9.96. The summed E-state index contributed by atoms with van der Waals surface area (Å²) < 4.78 is 15.7. The number of hydrogen-bond donors (Lipinski definition) is 1. The van der Waals surface area contributed by atoms with E-state index in [-0.39, 0.29) is 5.97 Å². The van der Waals surface area contributed by atoms with Crippen LogP contribution in [0, 0.1) is 0 Å². The fourth-order valence-corrected chi connectivity index (χ4v) is 2.18. The van der Waals surface area contributed by atoms with Crippen LogP contribution in [0.25, 0.3) is 0 Å². The molecular formula is C16H25NO4. The second kappa shape index (κ2) is 8.52. The smallest absolute Gasteiger partial charge is 0.325 e. The quantitative estimate of drug-likeness (QED) is 0.560.